The molecule has 0 spiro atoms. The summed E-state index contributed by atoms with van der Waals surface area (Å²) in [5.74, 6) is 1.10. The number of morpholine rings is 1. The maximum absolute atomic E-state index is 5.75. The maximum Gasteiger partial charge on any atom is 0.133 e. The minimum absolute atomic E-state index is 0.325. The van der Waals surface area contributed by atoms with Crippen LogP contribution in [0, 0.1) is 0 Å². The van der Waals surface area contributed by atoms with Gasteiger partial charge in [-0.15, -0.1) is 0 Å². The highest BCUT2D eigenvalue weighted by molar-refractivity contribution is 9.10. The van der Waals surface area contributed by atoms with Crippen molar-refractivity contribution in [1.29, 1.82) is 0 Å². The van der Waals surface area contributed by atoms with Crippen molar-refractivity contribution < 1.29 is 4.74 Å². The van der Waals surface area contributed by atoms with E-state index in [0.29, 0.717) is 6.10 Å². The number of pyridine rings is 1. The Labute approximate surface area is 130 Å². The van der Waals surface area contributed by atoms with Gasteiger partial charge >= 0.3 is 0 Å². The molecule has 0 saturated carbocycles. The van der Waals surface area contributed by atoms with Gasteiger partial charge in [0.1, 0.15) is 5.82 Å². The van der Waals surface area contributed by atoms with E-state index in [2.05, 4.69) is 51.0 Å². The van der Waals surface area contributed by atoms with Gasteiger partial charge in [-0.05, 0) is 41.4 Å². The molecule has 1 aromatic heterocycles. The van der Waals surface area contributed by atoms with Crippen LogP contribution in [0.5, 0.6) is 0 Å². The van der Waals surface area contributed by atoms with Gasteiger partial charge in [-0.1, -0.05) is 13.8 Å². The van der Waals surface area contributed by atoms with Gasteiger partial charge < -0.3 is 15.0 Å². The Bertz CT molecular complexity index is 428. The molecule has 0 aromatic carbocycles. The number of nitrogens with zero attached hydrogens (tertiary/aromatic N) is 2. The van der Waals surface area contributed by atoms with Gasteiger partial charge in [0.15, 0.2) is 0 Å². The second-order valence-corrected chi connectivity index (χ2v) is 6.08. The van der Waals surface area contributed by atoms with Crippen molar-refractivity contribution >= 4 is 21.7 Å². The van der Waals surface area contributed by atoms with Crippen molar-refractivity contribution in [3.63, 3.8) is 0 Å². The predicted molar refractivity (Wildman–Crippen MR) is 86.2 cm³/mol. The standard InChI is InChI=1S/C15H24BrN3O/c1-3-5-17-9-12-8-13(16)10-18-15(12)19-6-7-20-14(4-2)11-19/h8,10,14,17H,3-7,9,11H2,1-2H3. The van der Waals surface area contributed by atoms with Crippen LogP contribution in [-0.4, -0.2) is 37.3 Å². The molecule has 0 radical (unpaired) electrons. The number of hydrogen-bond donors (Lipinski definition) is 1. The van der Waals surface area contributed by atoms with E-state index < -0.39 is 0 Å². The molecular formula is C15H24BrN3O. The third-order valence-corrected chi connectivity index (χ3v) is 3.98. The monoisotopic (exact) mass is 341 g/mol. The lowest BCUT2D eigenvalue weighted by molar-refractivity contribution is 0.0381. The summed E-state index contributed by atoms with van der Waals surface area (Å²) in [5.41, 5.74) is 1.25. The molecule has 1 saturated heterocycles. The van der Waals surface area contributed by atoms with Gasteiger partial charge in [-0.2, -0.15) is 0 Å². The third-order valence-electron chi connectivity index (χ3n) is 3.55. The smallest absolute Gasteiger partial charge is 0.133 e. The van der Waals surface area contributed by atoms with Crippen LogP contribution in [0.2, 0.25) is 0 Å². The molecule has 1 fully saturated rings. The van der Waals surface area contributed by atoms with E-state index in [9.17, 15) is 0 Å². The molecule has 1 aliphatic heterocycles. The Balaban J connectivity index is 2.12. The van der Waals surface area contributed by atoms with Gasteiger partial charge in [-0.25, -0.2) is 4.98 Å². The highest BCUT2D eigenvalue weighted by Gasteiger charge is 2.22. The highest BCUT2D eigenvalue weighted by Crippen LogP contribution is 2.24. The largest absolute Gasteiger partial charge is 0.375 e. The van der Waals surface area contributed by atoms with Crippen molar-refractivity contribution in [3.8, 4) is 0 Å². The Morgan fingerprint density at radius 3 is 3.10 bits per heavy atom. The molecule has 1 aromatic rings. The van der Waals surface area contributed by atoms with E-state index in [1.807, 2.05) is 6.20 Å². The lowest BCUT2D eigenvalue weighted by atomic mass is 10.2. The zero-order valence-electron chi connectivity index (χ0n) is 12.4. The number of anilines is 1. The summed E-state index contributed by atoms with van der Waals surface area (Å²) in [4.78, 5) is 6.99. The Kier molecular flexibility index (Phi) is 6.26. The lowest BCUT2D eigenvalue weighted by Gasteiger charge is -2.34. The fraction of sp³-hybridized carbons (Fsp3) is 0.667. The molecule has 0 aliphatic carbocycles. The summed E-state index contributed by atoms with van der Waals surface area (Å²) in [7, 11) is 0. The molecule has 1 aliphatic rings. The number of aromatic nitrogens is 1. The van der Waals surface area contributed by atoms with Crippen molar-refractivity contribution in [2.45, 2.75) is 39.3 Å². The van der Waals surface area contributed by atoms with Gasteiger partial charge in [0.25, 0.3) is 0 Å². The average molecular weight is 342 g/mol. The molecule has 20 heavy (non-hydrogen) atoms. The second kappa shape index (κ2) is 7.96. The van der Waals surface area contributed by atoms with Crippen LogP contribution in [0.25, 0.3) is 0 Å². The highest BCUT2D eigenvalue weighted by atomic mass is 79.9. The number of halogens is 1. The molecule has 5 heteroatoms. The van der Waals surface area contributed by atoms with Crippen LogP contribution < -0.4 is 10.2 Å². The number of ether oxygens (including phenoxy) is 1. The quantitative estimate of drug-likeness (QED) is 0.807. The molecule has 112 valence electrons. The van der Waals surface area contributed by atoms with Crippen molar-refractivity contribution in [2.75, 3.05) is 31.1 Å². The van der Waals surface area contributed by atoms with E-state index in [1.54, 1.807) is 0 Å². The van der Waals surface area contributed by atoms with Gasteiger partial charge in [0, 0.05) is 35.9 Å². The minimum Gasteiger partial charge on any atom is -0.375 e. The van der Waals surface area contributed by atoms with Crippen molar-refractivity contribution in [1.82, 2.24) is 10.3 Å². The van der Waals surface area contributed by atoms with E-state index in [1.165, 1.54) is 5.56 Å². The van der Waals surface area contributed by atoms with E-state index >= 15 is 0 Å². The summed E-state index contributed by atoms with van der Waals surface area (Å²) in [6, 6.07) is 2.17. The topological polar surface area (TPSA) is 37.4 Å². The van der Waals surface area contributed by atoms with Crippen LogP contribution in [0.1, 0.15) is 32.3 Å². The summed E-state index contributed by atoms with van der Waals surface area (Å²) in [5, 5.41) is 3.46. The van der Waals surface area contributed by atoms with Gasteiger partial charge in [-0.3, -0.25) is 0 Å². The summed E-state index contributed by atoms with van der Waals surface area (Å²) >= 11 is 3.52. The zero-order chi connectivity index (χ0) is 14.4. The molecule has 0 bridgehead atoms. The van der Waals surface area contributed by atoms with E-state index in [-0.39, 0.29) is 0 Å². The molecule has 4 nitrogen and oxygen atoms in total. The second-order valence-electron chi connectivity index (χ2n) is 5.16. The Morgan fingerprint density at radius 2 is 2.35 bits per heavy atom. The SMILES string of the molecule is CCCNCc1cc(Br)cnc1N1CCOC(CC)C1. The number of nitrogens with one attached hydrogen (secondary N) is 1. The van der Waals surface area contributed by atoms with Crippen LogP contribution in [-0.2, 0) is 11.3 Å². The molecule has 1 N–H and O–H groups in total. The molecule has 1 atom stereocenters. The minimum atomic E-state index is 0.325. The fourth-order valence-electron chi connectivity index (χ4n) is 2.45. The average Bonchev–Trinajstić information content (AvgIpc) is 2.48. The Morgan fingerprint density at radius 1 is 1.50 bits per heavy atom. The molecule has 1 unspecified atom stereocenters. The van der Waals surface area contributed by atoms with Gasteiger partial charge in [0.05, 0.1) is 12.7 Å². The molecule has 2 rings (SSSR count). The molecule has 0 amide bonds. The van der Waals surface area contributed by atoms with E-state index in [0.717, 1.165) is 55.9 Å². The lowest BCUT2D eigenvalue weighted by Crippen LogP contribution is -2.43. The summed E-state index contributed by atoms with van der Waals surface area (Å²) in [6.45, 7) is 8.90. The first-order valence-corrected chi connectivity index (χ1v) is 8.25. The normalized spacial score (nSPS) is 19.4. The first-order chi connectivity index (χ1) is 9.74. The van der Waals surface area contributed by atoms with Crippen LogP contribution >= 0.6 is 15.9 Å². The Hall–Kier alpha value is -0.650. The third kappa shape index (κ3) is 4.17. The van der Waals surface area contributed by atoms with Crippen LogP contribution in [0.3, 0.4) is 0 Å². The summed E-state index contributed by atoms with van der Waals surface area (Å²) < 4.78 is 6.78. The summed E-state index contributed by atoms with van der Waals surface area (Å²) in [6.07, 6.45) is 4.41. The first kappa shape index (κ1) is 15.7. The maximum atomic E-state index is 5.75. The zero-order valence-corrected chi connectivity index (χ0v) is 13.9. The van der Waals surface area contributed by atoms with E-state index in [4.69, 9.17) is 4.74 Å². The number of hydrogen-bond acceptors (Lipinski definition) is 4. The fourth-order valence-corrected chi connectivity index (χ4v) is 2.83. The van der Waals surface area contributed by atoms with Crippen LogP contribution in [0.15, 0.2) is 16.7 Å². The first-order valence-electron chi connectivity index (χ1n) is 7.46. The van der Waals surface area contributed by atoms with Crippen molar-refractivity contribution in [3.05, 3.63) is 22.3 Å². The predicted octanol–water partition coefficient (Wildman–Crippen LogP) is 2.96. The molecular weight excluding hydrogens is 318 g/mol. The van der Waals surface area contributed by atoms with Gasteiger partial charge in [0.2, 0.25) is 0 Å². The number of rotatable bonds is 6. The van der Waals surface area contributed by atoms with Crippen molar-refractivity contribution in [2.24, 2.45) is 0 Å². The van der Waals surface area contributed by atoms with Crippen LogP contribution in [0.4, 0.5) is 5.82 Å². The molecule has 2 heterocycles.